The minimum absolute atomic E-state index is 1.30. The number of benzene rings is 3. The second-order valence-corrected chi connectivity index (χ2v) is 19.6. The molecule has 1 radical (unpaired) electrons. The molecule has 99 valence electrons. The van der Waals surface area contributed by atoms with Crippen LogP contribution in [0.4, 0.5) is 0 Å². The Balaban J connectivity index is 2.24. The van der Waals surface area contributed by atoms with E-state index in [1.54, 1.807) is 0 Å². The molecule has 0 aliphatic heterocycles. The summed E-state index contributed by atoms with van der Waals surface area (Å²) in [6.07, 6.45) is 0. The van der Waals surface area contributed by atoms with Gasteiger partial charge >= 0.3 is 128 Å². The molecule has 0 saturated carbocycles. The average Bonchev–Trinajstić information content (AvgIpc) is 2.56. The van der Waals surface area contributed by atoms with Crippen molar-refractivity contribution in [2.45, 2.75) is 0 Å². The van der Waals surface area contributed by atoms with E-state index in [2.05, 4.69) is 72.8 Å². The van der Waals surface area contributed by atoms with E-state index in [0.29, 0.717) is 0 Å². The Morgan fingerprint density at radius 2 is 0.700 bits per heavy atom. The minimum atomic E-state index is -3.37. The summed E-state index contributed by atoms with van der Waals surface area (Å²) in [4.78, 5) is 0. The maximum atomic E-state index is 7.33. The molecule has 3 aromatic rings. The van der Waals surface area contributed by atoms with Crippen LogP contribution in [-0.2, 0) is 0 Å². The van der Waals surface area contributed by atoms with Crippen LogP contribution in [0.3, 0.4) is 0 Å². The van der Waals surface area contributed by atoms with Crippen LogP contribution >= 0.6 is 8.51 Å². The van der Waals surface area contributed by atoms with Gasteiger partial charge in [-0.25, -0.2) is 0 Å². The van der Waals surface area contributed by atoms with Crippen LogP contribution in [-0.4, -0.2) is 19.1 Å². The van der Waals surface area contributed by atoms with Crippen LogP contribution in [0.2, 0.25) is 0 Å². The van der Waals surface area contributed by atoms with Crippen molar-refractivity contribution in [1.29, 1.82) is 0 Å². The number of hydrogen-bond acceptors (Lipinski definition) is 0. The van der Waals surface area contributed by atoms with E-state index < -0.39 is 19.1 Å². The summed E-state index contributed by atoms with van der Waals surface area (Å²) in [6, 6.07) is 31.6. The first-order valence-electron chi connectivity index (χ1n) is 6.57. The summed E-state index contributed by atoms with van der Waals surface area (Å²) in [5, 5.41) is 0. The number of halogens is 1. The van der Waals surface area contributed by atoms with Gasteiger partial charge in [-0.2, -0.15) is 0 Å². The zero-order chi connectivity index (χ0) is 13.8. The van der Waals surface area contributed by atoms with Gasteiger partial charge in [0.2, 0.25) is 0 Å². The Labute approximate surface area is 128 Å². The predicted molar refractivity (Wildman–Crippen MR) is 89.8 cm³/mol. The van der Waals surface area contributed by atoms with Crippen molar-refractivity contribution in [3.8, 4) is 0 Å². The van der Waals surface area contributed by atoms with Gasteiger partial charge in [0.15, 0.2) is 0 Å². The molecule has 0 heterocycles. The molecule has 0 unspecified atom stereocenters. The normalized spacial score (nSPS) is 11.2. The summed E-state index contributed by atoms with van der Waals surface area (Å²) in [5.41, 5.74) is 0. The van der Waals surface area contributed by atoms with Crippen molar-refractivity contribution in [2.75, 3.05) is 0 Å². The van der Waals surface area contributed by atoms with Crippen LogP contribution < -0.4 is 9.81 Å². The summed E-state index contributed by atoms with van der Waals surface area (Å²) in [6.45, 7) is 0. The molecule has 0 amide bonds. The van der Waals surface area contributed by atoms with Crippen molar-refractivity contribution < 1.29 is 0 Å². The van der Waals surface area contributed by atoms with Gasteiger partial charge in [-0.15, -0.1) is 0 Å². The summed E-state index contributed by atoms with van der Waals surface area (Å²) >= 11 is -3.37. The van der Waals surface area contributed by atoms with E-state index >= 15 is 0 Å². The first-order chi connectivity index (χ1) is 9.82. The standard InChI is InChI=1S/3C6H5.Bi.ClH/c3*1-2-4-6-5-3-1;;/h3*1-5H;;1H/q;;;+1;/p-1. The molecule has 0 N–H and O–H groups in total. The van der Waals surface area contributed by atoms with Gasteiger partial charge in [0.05, 0.1) is 0 Å². The molecule has 0 aromatic heterocycles. The first kappa shape index (κ1) is 13.8. The fourth-order valence-electron chi connectivity index (χ4n) is 2.35. The number of rotatable bonds is 3. The van der Waals surface area contributed by atoms with Gasteiger partial charge in [0.1, 0.15) is 0 Å². The fourth-order valence-corrected chi connectivity index (χ4v) is 15.6. The molecule has 0 bridgehead atoms. The van der Waals surface area contributed by atoms with E-state index in [1.807, 2.05) is 18.2 Å². The van der Waals surface area contributed by atoms with Crippen LogP contribution in [0.1, 0.15) is 0 Å². The van der Waals surface area contributed by atoms with Gasteiger partial charge in [-0.3, -0.25) is 0 Å². The molecule has 3 aromatic carbocycles. The van der Waals surface area contributed by atoms with Gasteiger partial charge in [-0.1, -0.05) is 0 Å². The Bertz CT molecular complexity index is 569. The van der Waals surface area contributed by atoms with Gasteiger partial charge in [0, 0.05) is 0 Å². The third-order valence-corrected chi connectivity index (χ3v) is 20.2. The van der Waals surface area contributed by atoms with E-state index in [0.717, 1.165) is 0 Å². The van der Waals surface area contributed by atoms with Crippen molar-refractivity contribution in [1.82, 2.24) is 0 Å². The third-order valence-electron chi connectivity index (χ3n) is 3.34. The van der Waals surface area contributed by atoms with E-state index in [1.165, 1.54) is 9.81 Å². The molecule has 0 spiro atoms. The van der Waals surface area contributed by atoms with Crippen molar-refractivity contribution >= 4 is 37.4 Å². The maximum absolute atomic E-state index is 7.33. The Morgan fingerprint density at radius 3 is 0.950 bits per heavy atom. The first-order valence-corrected chi connectivity index (χ1v) is 16.1. The molecule has 0 atom stereocenters. The number of hydrogen-bond donors (Lipinski definition) is 0. The summed E-state index contributed by atoms with van der Waals surface area (Å²) in [7, 11) is 7.33. The summed E-state index contributed by atoms with van der Waals surface area (Å²) < 4.78 is 3.89. The molecule has 2 heteroatoms. The zero-order valence-electron chi connectivity index (χ0n) is 11.0. The van der Waals surface area contributed by atoms with Crippen molar-refractivity contribution in [3.05, 3.63) is 91.0 Å². The molecule has 0 fully saturated rings. The third kappa shape index (κ3) is 2.53. The molecule has 0 aliphatic carbocycles. The Kier molecular flexibility index (Phi) is 4.19. The second-order valence-electron chi connectivity index (χ2n) is 4.60. The molecule has 0 nitrogen and oxygen atoms in total. The Hall–Kier alpha value is -1.17. The quantitative estimate of drug-likeness (QED) is 0.511. The van der Waals surface area contributed by atoms with Crippen molar-refractivity contribution in [2.24, 2.45) is 0 Å². The molecular weight excluding hydrogens is 461 g/mol. The van der Waals surface area contributed by atoms with Gasteiger partial charge in [0.25, 0.3) is 0 Å². The molecule has 3 rings (SSSR count). The molecule has 0 saturated heterocycles. The van der Waals surface area contributed by atoms with E-state index in [-0.39, 0.29) is 0 Å². The second kappa shape index (κ2) is 6.08. The Morgan fingerprint density at radius 1 is 0.450 bits per heavy atom. The van der Waals surface area contributed by atoms with Crippen LogP contribution in [0.25, 0.3) is 0 Å². The van der Waals surface area contributed by atoms with Crippen LogP contribution in [0.15, 0.2) is 91.0 Å². The summed E-state index contributed by atoms with van der Waals surface area (Å²) in [5.74, 6) is 0. The van der Waals surface area contributed by atoms with Gasteiger partial charge in [-0.05, 0) is 0 Å². The molecule has 20 heavy (non-hydrogen) atoms. The average molecular weight is 476 g/mol. The van der Waals surface area contributed by atoms with Crippen LogP contribution in [0.5, 0.6) is 0 Å². The zero-order valence-corrected chi connectivity index (χ0v) is 15.2. The topological polar surface area (TPSA) is 0 Å². The predicted octanol–water partition coefficient (Wildman–Crippen LogP) is 2.89. The van der Waals surface area contributed by atoms with Crippen LogP contribution in [0, 0.1) is 0 Å². The van der Waals surface area contributed by atoms with E-state index in [4.69, 9.17) is 8.51 Å². The van der Waals surface area contributed by atoms with Crippen molar-refractivity contribution in [3.63, 3.8) is 0 Å². The SMILES string of the molecule is [Cl][Bi]([c]1ccccc1)([c]1ccccc1)[c]1ccccc1. The fraction of sp³-hybridized carbons (Fsp3) is 0. The van der Waals surface area contributed by atoms with Gasteiger partial charge < -0.3 is 0 Å². The molecule has 0 aliphatic rings. The molecular formula is C18H15BiCl. The monoisotopic (exact) mass is 475 g/mol. The van der Waals surface area contributed by atoms with E-state index in [9.17, 15) is 0 Å².